The normalized spacial score (nSPS) is 11.2. The summed E-state index contributed by atoms with van der Waals surface area (Å²) in [5.74, 6) is 1.46. The van der Waals surface area contributed by atoms with Crippen LogP contribution in [-0.2, 0) is 0 Å². The van der Waals surface area contributed by atoms with Crippen LogP contribution in [0, 0.1) is 6.92 Å². The minimum absolute atomic E-state index is 0.0209. The zero-order valence-corrected chi connectivity index (χ0v) is 15.2. The third-order valence-electron chi connectivity index (χ3n) is 4.00. The Kier molecular flexibility index (Phi) is 4.30. The molecule has 0 atom stereocenters. The lowest BCUT2D eigenvalue weighted by atomic mass is 10.1. The summed E-state index contributed by atoms with van der Waals surface area (Å²) in [6.45, 7) is 1.84. The molecule has 0 unspecified atom stereocenters. The fourth-order valence-electron chi connectivity index (χ4n) is 2.81. The van der Waals surface area contributed by atoms with Crippen molar-refractivity contribution in [3.8, 4) is 5.75 Å². The van der Waals surface area contributed by atoms with Gasteiger partial charge in [-0.2, -0.15) is 4.52 Å². The van der Waals surface area contributed by atoms with Gasteiger partial charge in [-0.3, -0.25) is 4.79 Å². The van der Waals surface area contributed by atoms with Gasteiger partial charge in [0.2, 0.25) is 0 Å². The van der Waals surface area contributed by atoms with E-state index in [1.165, 1.54) is 11.8 Å². The Morgan fingerprint density at radius 3 is 2.73 bits per heavy atom. The Morgan fingerprint density at radius 2 is 1.88 bits per heavy atom. The number of carbonyl (C=O) groups excluding carboxylic acids is 1. The van der Waals surface area contributed by atoms with Crippen LogP contribution >= 0.6 is 11.8 Å². The molecule has 7 heteroatoms. The average Bonchev–Trinajstić information content (AvgIpc) is 3.07. The molecule has 2 aromatic carbocycles. The van der Waals surface area contributed by atoms with Crippen LogP contribution in [-0.4, -0.2) is 38.2 Å². The van der Waals surface area contributed by atoms with Gasteiger partial charge in [-0.05, 0) is 31.2 Å². The summed E-state index contributed by atoms with van der Waals surface area (Å²) in [6, 6.07) is 15.0. The van der Waals surface area contributed by atoms with E-state index in [0.717, 1.165) is 16.6 Å². The van der Waals surface area contributed by atoms with Gasteiger partial charge in [-0.1, -0.05) is 36.0 Å². The van der Waals surface area contributed by atoms with E-state index >= 15 is 0 Å². The Balaban J connectivity index is 1.69. The second kappa shape index (κ2) is 6.76. The number of thioether (sulfide) groups is 1. The summed E-state index contributed by atoms with van der Waals surface area (Å²) >= 11 is 1.34. The van der Waals surface area contributed by atoms with E-state index in [1.54, 1.807) is 23.8 Å². The Labute approximate surface area is 154 Å². The minimum atomic E-state index is -0.0209. The van der Waals surface area contributed by atoms with Gasteiger partial charge in [0.25, 0.3) is 0 Å². The standard InChI is InChI=1S/C19H16N4O2S/c1-12-20-18-13-7-3-5-9-15(13)21-19(23(18)22-12)26-11-16(24)14-8-4-6-10-17(14)25-2/h3-10H,11H2,1-2H3. The summed E-state index contributed by atoms with van der Waals surface area (Å²) in [4.78, 5) is 21.8. The number of hydrogen-bond acceptors (Lipinski definition) is 6. The SMILES string of the molecule is COc1ccccc1C(=O)CSc1nc2ccccc2c2nc(C)nn12. The van der Waals surface area contributed by atoms with Crippen LogP contribution in [0.1, 0.15) is 16.2 Å². The molecule has 0 aliphatic heterocycles. The number of rotatable bonds is 5. The van der Waals surface area contributed by atoms with Crippen molar-refractivity contribution in [3.05, 3.63) is 59.9 Å². The highest BCUT2D eigenvalue weighted by molar-refractivity contribution is 7.99. The molecular formula is C19H16N4O2S. The van der Waals surface area contributed by atoms with Gasteiger partial charge in [0.1, 0.15) is 11.6 Å². The van der Waals surface area contributed by atoms with Crippen LogP contribution in [0.5, 0.6) is 5.75 Å². The van der Waals surface area contributed by atoms with Crippen molar-refractivity contribution in [1.29, 1.82) is 0 Å². The van der Waals surface area contributed by atoms with E-state index in [1.807, 2.05) is 43.3 Å². The van der Waals surface area contributed by atoms with Gasteiger partial charge < -0.3 is 4.74 Å². The third kappa shape index (κ3) is 2.90. The summed E-state index contributed by atoms with van der Waals surface area (Å²) < 4.78 is 6.98. The average molecular weight is 364 g/mol. The van der Waals surface area contributed by atoms with Crippen molar-refractivity contribution < 1.29 is 9.53 Å². The van der Waals surface area contributed by atoms with Crippen molar-refractivity contribution >= 4 is 34.1 Å². The number of methoxy groups -OCH3 is 1. The fourth-order valence-corrected chi connectivity index (χ4v) is 3.64. The summed E-state index contributed by atoms with van der Waals surface area (Å²) in [5.41, 5.74) is 2.15. The topological polar surface area (TPSA) is 69.4 Å². The van der Waals surface area contributed by atoms with Crippen molar-refractivity contribution in [3.63, 3.8) is 0 Å². The van der Waals surface area contributed by atoms with Crippen LogP contribution in [0.4, 0.5) is 0 Å². The number of fused-ring (bicyclic) bond motifs is 3. The Bertz CT molecular complexity index is 1120. The first-order valence-corrected chi connectivity index (χ1v) is 9.07. The van der Waals surface area contributed by atoms with E-state index in [0.29, 0.717) is 22.3 Å². The molecule has 26 heavy (non-hydrogen) atoms. The van der Waals surface area contributed by atoms with Crippen LogP contribution in [0.15, 0.2) is 53.7 Å². The lowest BCUT2D eigenvalue weighted by Gasteiger charge is -2.08. The van der Waals surface area contributed by atoms with Crippen molar-refractivity contribution in [1.82, 2.24) is 19.6 Å². The number of aryl methyl sites for hydroxylation is 1. The highest BCUT2D eigenvalue weighted by Gasteiger charge is 2.16. The van der Waals surface area contributed by atoms with Gasteiger partial charge in [-0.25, -0.2) is 9.97 Å². The number of ketones is 1. The number of Topliss-reactive ketones (excluding diaryl/α,β-unsaturated/α-hetero) is 1. The first-order chi connectivity index (χ1) is 12.7. The zero-order chi connectivity index (χ0) is 18.1. The molecule has 0 amide bonds. The molecule has 0 radical (unpaired) electrons. The molecule has 0 bridgehead atoms. The number of hydrogen-bond donors (Lipinski definition) is 0. The predicted molar refractivity (Wildman–Crippen MR) is 101 cm³/mol. The maximum absolute atomic E-state index is 12.6. The minimum Gasteiger partial charge on any atom is -0.496 e. The Morgan fingerprint density at radius 1 is 1.12 bits per heavy atom. The number of para-hydroxylation sites is 2. The molecule has 2 heterocycles. The summed E-state index contributed by atoms with van der Waals surface area (Å²) in [7, 11) is 1.56. The smallest absolute Gasteiger partial charge is 0.192 e. The van der Waals surface area contributed by atoms with Gasteiger partial charge >= 0.3 is 0 Å². The molecular weight excluding hydrogens is 348 g/mol. The number of carbonyl (C=O) groups is 1. The maximum atomic E-state index is 12.6. The Hall–Kier alpha value is -2.93. The van der Waals surface area contributed by atoms with Crippen molar-refractivity contribution in [2.45, 2.75) is 12.1 Å². The molecule has 0 N–H and O–H groups in total. The fraction of sp³-hybridized carbons (Fsp3) is 0.158. The van der Waals surface area contributed by atoms with Crippen LogP contribution < -0.4 is 4.74 Å². The summed E-state index contributed by atoms with van der Waals surface area (Å²) in [6.07, 6.45) is 0. The highest BCUT2D eigenvalue weighted by atomic mass is 32.2. The lowest BCUT2D eigenvalue weighted by Crippen LogP contribution is -2.07. The molecule has 0 aliphatic rings. The zero-order valence-electron chi connectivity index (χ0n) is 14.3. The van der Waals surface area contributed by atoms with Gasteiger partial charge in [0, 0.05) is 5.39 Å². The number of benzene rings is 2. The van der Waals surface area contributed by atoms with Gasteiger partial charge in [0.05, 0.1) is 23.9 Å². The molecule has 0 fully saturated rings. The van der Waals surface area contributed by atoms with Gasteiger partial charge in [0.15, 0.2) is 16.6 Å². The van der Waals surface area contributed by atoms with E-state index < -0.39 is 0 Å². The first-order valence-electron chi connectivity index (χ1n) is 8.08. The molecule has 0 saturated carbocycles. The van der Waals surface area contributed by atoms with Crippen molar-refractivity contribution in [2.24, 2.45) is 0 Å². The van der Waals surface area contributed by atoms with E-state index in [4.69, 9.17) is 4.74 Å². The second-order valence-corrected chi connectivity index (χ2v) is 6.66. The number of aromatic nitrogens is 4. The number of ether oxygens (including phenoxy) is 1. The molecule has 130 valence electrons. The van der Waals surface area contributed by atoms with Crippen LogP contribution in [0.25, 0.3) is 16.6 Å². The lowest BCUT2D eigenvalue weighted by molar-refractivity contribution is 0.101. The second-order valence-electron chi connectivity index (χ2n) is 5.72. The van der Waals surface area contributed by atoms with Gasteiger partial charge in [-0.15, -0.1) is 5.10 Å². The molecule has 0 aliphatic carbocycles. The third-order valence-corrected chi connectivity index (χ3v) is 4.92. The highest BCUT2D eigenvalue weighted by Crippen LogP contribution is 2.26. The molecule has 6 nitrogen and oxygen atoms in total. The molecule has 0 saturated heterocycles. The molecule has 4 rings (SSSR count). The number of nitrogens with zero attached hydrogens (tertiary/aromatic N) is 4. The monoisotopic (exact) mass is 364 g/mol. The predicted octanol–water partition coefficient (Wildman–Crippen LogP) is 3.57. The van der Waals surface area contributed by atoms with E-state index in [2.05, 4.69) is 15.1 Å². The van der Waals surface area contributed by atoms with Crippen molar-refractivity contribution in [2.75, 3.05) is 12.9 Å². The molecule has 4 aromatic rings. The molecule has 0 spiro atoms. The van der Waals surface area contributed by atoms with Crippen LogP contribution in [0.3, 0.4) is 0 Å². The quantitative estimate of drug-likeness (QED) is 0.306. The maximum Gasteiger partial charge on any atom is 0.192 e. The molecule has 2 aromatic heterocycles. The van der Waals surface area contributed by atoms with Crippen LogP contribution in [0.2, 0.25) is 0 Å². The van der Waals surface area contributed by atoms with E-state index in [9.17, 15) is 4.79 Å². The van der Waals surface area contributed by atoms with E-state index in [-0.39, 0.29) is 11.5 Å². The summed E-state index contributed by atoms with van der Waals surface area (Å²) in [5, 5.41) is 6.01. The largest absolute Gasteiger partial charge is 0.496 e. The first kappa shape index (κ1) is 16.5.